The van der Waals surface area contributed by atoms with Crippen molar-refractivity contribution in [1.82, 2.24) is 0 Å². The summed E-state index contributed by atoms with van der Waals surface area (Å²) in [5.41, 5.74) is 3.95. The van der Waals surface area contributed by atoms with Crippen molar-refractivity contribution in [2.45, 2.75) is 6.92 Å². The van der Waals surface area contributed by atoms with E-state index in [9.17, 15) is 0 Å². The molecule has 0 N–H and O–H groups in total. The number of aryl methyl sites for hydroxylation is 1. The predicted molar refractivity (Wildman–Crippen MR) is 69.7 cm³/mol. The van der Waals surface area contributed by atoms with Crippen LogP contribution in [0.1, 0.15) is 5.56 Å². The summed E-state index contributed by atoms with van der Waals surface area (Å²) in [6.45, 7) is 2.15. The van der Waals surface area contributed by atoms with Crippen LogP contribution in [0.15, 0.2) is 60.7 Å². The van der Waals surface area contributed by atoms with Gasteiger partial charge in [0.05, 0.1) is 0 Å². The monoisotopic (exact) mass is 212 g/mol. The second kappa shape index (κ2) is 4.88. The molecule has 0 unspecified atom stereocenters. The quantitative estimate of drug-likeness (QED) is 0.424. The minimum absolute atomic E-state index is 0. The third kappa shape index (κ3) is 2.20. The van der Waals surface area contributed by atoms with E-state index in [1.807, 2.05) is 0 Å². The van der Waals surface area contributed by atoms with E-state index in [0.717, 1.165) is 0 Å². The molecule has 1 heteroatoms. The summed E-state index contributed by atoms with van der Waals surface area (Å²) < 4.78 is 0. The summed E-state index contributed by atoms with van der Waals surface area (Å²) >= 11 is 0. The van der Waals surface area contributed by atoms with Gasteiger partial charge in [0, 0.05) is 0 Å². The molecule has 0 saturated heterocycles. The van der Waals surface area contributed by atoms with Crippen LogP contribution in [0.5, 0.6) is 0 Å². The zero-order valence-corrected chi connectivity index (χ0v) is 10.3. The van der Waals surface area contributed by atoms with Gasteiger partial charge in [0.25, 0.3) is 0 Å². The number of benzene rings is 2. The maximum absolute atomic E-state index is 2.26. The molecule has 0 aliphatic carbocycles. The van der Waals surface area contributed by atoms with Crippen molar-refractivity contribution in [3.8, 4) is 11.1 Å². The van der Waals surface area contributed by atoms with Gasteiger partial charge < -0.3 is 0 Å². The van der Waals surface area contributed by atoms with Crippen LogP contribution in [0.2, 0.25) is 0 Å². The standard InChI is InChI=1S/C16H13.Li/c1-12-10-14-8-5-9-15(16(14)11-12)13-6-3-2-4-7-13;/h2-11H,1H3;/q-1;+1. The van der Waals surface area contributed by atoms with Crippen molar-refractivity contribution in [2.75, 3.05) is 0 Å². The third-order valence-electron chi connectivity index (χ3n) is 2.98. The Kier molecular flexibility index (Phi) is 3.48. The van der Waals surface area contributed by atoms with E-state index < -0.39 is 0 Å². The van der Waals surface area contributed by atoms with Gasteiger partial charge in [0.2, 0.25) is 0 Å². The fourth-order valence-electron chi connectivity index (χ4n) is 2.25. The summed E-state index contributed by atoms with van der Waals surface area (Å²) in [5, 5.41) is 2.69. The fourth-order valence-corrected chi connectivity index (χ4v) is 2.25. The Morgan fingerprint density at radius 2 is 1.65 bits per heavy atom. The van der Waals surface area contributed by atoms with Crippen molar-refractivity contribution >= 4 is 10.8 Å². The Labute approximate surface area is 114 Å². The van der Waals surface area contributed by atoms with Gasteiger partial charge in [-0.05, 0) is 5.56 Å². The molecule has 0 fully saturated rings. The summed E-state index contributed by atoms with van der Waals surface area (Å²) in [7, 11) is 0. The Balaban J connectivity index is 0.00000108. The van der Waals surface area contributed by atoms with E-state index in [1.54, 1.807) is 0 Å². The number of rotatable bonds is 1. The van der Waals surface area contributed by atoms with Crippen LogP contribution in [0.3, 0.4) is 0 Å². The van der Waals surface area contributed by atoms with Gasteiger partial charge in [0.15, 0.2) is 0 Å². The smallest absolute Gasteiger partial charge is 0.165 e. The van der Waals surface area contributed by atoms with Crippen LogP contribution in [-0.4, -0.2) is 0 Å². The summed E-state index contributed by atoms with van der Waals surface area (Å²) in [6.07, 6.45) is 0. The van der Waals surface area contributed by atoms with Crippen LogP contribution < -0.4 is 18.9 Å². The molecule has 3 rings (SSSR count). The van der Waals surface area contributed by atoms with Gasteiger partial charge in [-0.15, -0.1) is 34.5 Å². The molecule has 3 aromatic carbocycles. The molecule has 0 spiro atoms. The zero-order valence-electron chi connectivity index (χ0n) is 10.3. The first-order chi connectivity index (χ1) is 7.84. The maximum atomic E-state index is 2.26. The first-order valence-electron chi connectivity index (χ1n) is 5.56. The van der Waals surface area contributed by atoms with Crippen molar-refractivity contribution in [1.29, 1.82) is 0 Å². The van der Waals surface area contributed by atoms with Crippen LogP contribution >= 0.6 is 0 Å². The van der Waals surface area contributed by atoms with Crippen molar-refractivity contribution in [3.63, 3.8) is 0 Å². The molecule has 0 aliphatic rings. The topological polar surface area (TPSA) is 0 Å². The molecule has 0 nitrogen and oxygen atoms in total. The first-order valence-corrected chi connectivity index (χ1v) is 5.56. The SMILES string of the molecule is Cc1cc2c(-c3ccccc3)cccc2[cH-]1.[Li+]. The molecule has 0 atom stereocenters. The Morgan fingerprint density at radius 1 is 0.882 bits per heavy atom. The Morgan fingerprint density at radius 3 is 2.41 bits per heavy atom. The molecule has 3 aromatic rings. The maximum Gasteiger partial charge on any atom is 1.00 e. The fraction of sp³-hybridized carbons (Fsp3) is 0.0625. The molecule has 0 bridgehead atoms. The van der Waals surface area contributed by atoms with E-state index in [4.69, 9.17) is 0 Å². The van der Waals surface area contributed by atoms with Gasteiger partial charge in [-0.25, -0.2) is 0 Å². The van der Waals surface area contributed by atoms with E-state index >= 15 is 0 Å². The second-order valence-corrected chi connectivity index (χ2v) is 4.21. The minimum Gasteiger partial charge on any atom is -0.165 e. The van der Waals surface area contributed by atoms with E-state index in [-0.39, 0.29) is 18.9 Å². The molecular weight excluding hydrogens is 199 g/mol. The average molecular weight is 212 g/mol. The van der Waals surface area contributed by atoms with E-state index in [2.05, 4.69) is 67.6 Å². The first kappa shape index (κ1) is 12.1. The molecular formula is C16H13Li. The molecule has 0 aliphatic heterocycles. The molecule has 0 radical (unpaired) electrons. The molecule has 0 heterocycles. The van der Waals surface area contributed by atoms with Crippen LogP contribution in [0, 0.1) is 6.92 Å². The zero-order chi connectivity index (χ0) is 11.0. The molecule has 0 aromatic heterocycles. The minimum atomic E-state index is 0. The normalized spacial score (nSPS) is 10.2. The van der Waals surface area contributed by atoms with Crippen LogP contribution in [-0.2, 0) is 0 Å². The van der Waals surface area contributed by atoms with Crippen LogP contribution in [0.4, 0.5) is 0 Å². The van der Waals surface area contributed by atoms with Crippen molar-refractivity contribution in [2.24, 2.45) is 0 Å². The Hall–Kier alpha value is -1.35. The number of hydrogen-bond acceptors (Lipinski definition) is 0. The van der Waals surface area contributed by atoms with Crippen LogP contribution in [0.25, 0.3) is 21.9 Å². The third-order valence-corrected chi connectivity index (χ3v) is 2.98. The molecule has 17 heavy (non-hydrogen) atoms. The van der Waals surface area contributed by atoms with E-state index in [0.29, 0.717) is 0 Å². The largest absolute Gasteiger partial charge is 1.00 e. The van der Waals surface area contributed by atoms with Gasteiger partial charge in [-0.2, -0.15) is 6.07 Å². The van der Waals surface area contributed by atoms with Crippen molar-refractivity contribution < 1.29 is 18.9 Å². The van der Waals surface area contributed by atoms with Gasteiger partial charge in [-0.3, -0.25) is 0 Å². The van der Waals surface area contributed by atoms with Gasteiger partial charge in [-0.1, -0.05) is 48.9 Å². The summed E-state index contributed by atoms with van der Waals surface area (Å²) in [6, 6.07) is 21.6. The molecule has 78 valence electrons. The van der Waals surface area contributed by atoms with Gasteiger partial charge in [0.1, 0.15) is 0 Å². The molecule has 0 saturated carbocycles. The second-order valence-electron chi connectivity index (χ2n) is 4.21. The average Bonchev–Trinajstić information content (AvgIpc) is 2.70. The van der Waals surface area contributed by atoms with Crippen molar-refractivity contribution in [3.05, 3.63) is 66.2 Å². The van der Waals surface area contributed by atoms with E-state index in [1.165, 1.54) is 27.5 Å². The van der Waals surface area contributed by atoms with Gasteiger partial charge >= 0.3 is 18.9 Å². The number of fused-ring (bicyclic) bond motifs is 1. The number of hydrogen-bond donors (Lipinski definition) is 0. The summed E-state index contributed by atoms with van der Waals surface area (Å²) in [4.78, 5) is 0. The summed E-state index contributed by atoms with van der Waals surface area (Å²) in [5.74, 6) is 0. The Bertz CT molecular complexity index is 620. The molecule has 0 amide bonds. The predicted octanol–water partition coefficient (Wildman–Crippen LogP) is 1.54.